The number of sulfonamides is 1. The highest BCUT2D eigenvalue weighted by Gasteiger charge is 2.63. The Bertz CT molecular complexity index is 1830. The second-order valence-electron chi connectivity index (χ2n) is 14.4. The fraction of sp³-hybridized carbons (Fsp3) is 0.588. The second kappa shape index (κ2) is 13.3. The van der Waals surface area contributed by atoms with Gasteiger partial charge in [0.15, 0.2) is 0 Å². The molecule has 50 heavy (non-hydrogen) atoms. The number of hydrogen-bond acceptors (Lipinski definition) is 10. The zero-order valence-electron chi connectivity index (χ0n) is 28.5. The molecule has 2 saturated carbocycles. The zero-order valence-corrected chi connectivity index (χ0v) is 29.4. The van der Waals surface area contributed by atoms with E-state index in [1.165, 1.54) is 18.2 Å². The van der Waals surface area contributed by atoms with E-state index in [9.17, 15) is 32.7 Å². The summed E-state index contributed by atoms with van der Waals surface area (Å²) < 4.78 is 38.8. The summed E-state index contributed by atoms with van der Waals surface area (Å²) in [6.07, 6.45) is 6.12. The molecule has 0 spiro atoms. The van der Waals surface area contributed by atoms with Crippen LogP contribution in [-0.2, 0) is 24.4 Å². The molecule has 7 atom stereocenters. The molecule has 4 N–H and O–H groups in total. The number of amides is 4. The van der Waals surface area contributed by atoms with E-state index < -0.39 is 74.1 Å². The summed E-state index contributed by atoms with van der Waals surface area (Å²) in [6, 6.07) is 2.88. The number of nitrogens with one attached hydrogen (secondary N) is 3. The summed E-state index contributed by atoms with van der Waals surface area (Å²) in [5, 5.41) is 14.9. The van der Waals surface area contributed by atoms with Gasteiger partial charge in [-0.05, 0) is 63.0 Å². The number of hydrogen-bond donors (Lipinski definition) is 4. The van der Waals surface area contributed by atoms with Crippen molar-refractivity contribution in [1.82, 2.24) is 30.2 Å². The summed E-state index contributed by atoms with van der Waals surface area (Å²) in [7, 11) is -2.47. The van der Waals surface area contributed by atoms with Crippen molar-refractivity contribution in [3.8, 4) is 11.6 Å². The molecule has 2 aromatic rings. The molecular formula is C34H44N6O9S. The lowest BCUT2D eigenvalue weighted by molar-refractivity contribution is -0.142. The van der Waals surface area contributed by atoms with E-state index in [1.807, 2.05) is 19.1 Å². The summed E-state index contributed by atoms with van der Waals surface area (Å²) >= 11 is 0. The Labute approximate surface area is 290 Å². The summed E-state index contributed by atoms with van der Waals surface area (Å²) in [6.45, 7) is 5.30. The molecule has 3 fully saturated rings. The number of allylic oxidation sites excluding steroid dienone is 1. The first-order chi connectivity index (χ1) is 23.6. The maximum atomic E-state index is 14.2. The highest BCUT2D eigenvalue weighted by molar-refractivity contribution is 7.91. The number of benzene rings is 1. The van der Waals surface area contributed by atoms with Crippen molar-refractivity contribution in [3.05, 3.63) is 36.5 Å². The third-order valence-corrected chi connectivity index (χ3v) is 12.7. The van der Waals surface area contributed by atoms with Crippen LogP contribution < -0.4 is 24.8 Å². The fourth-order valence-electron chi connectivity index (χ4n) is 6.88. The van der Waals surface area contributed by atoms with E-state index in [-0.39, 0.29) is 31.2 Å². The van der Waals surface area contributed by atoms with Gasteiger partial charge in [-0.15, -0.1) is 0 Å². The average molecular weight is 713 g/mol. The van der Waals surface area contributed by atoms with Crippen LogP contribution in [0.2, 0.25) is 0 Å². The Morgan fingerprint density at radius 3 is 2.58 bits per heavy atom. The molecule has 4 amide bonds. The van der Waals surface area contributed by atoms with Gasteiger partial charge in [0.1, 0.15) is 29.5 Å². The van der Waals surface area contributed by atoms with Crippen molar-refractivity contribution in [1.29, 1.82) is 0 Å². The summed E-state index contributed by atoms with van der Waals surface area (Å²) in [5.41, 5.74) is -0.436. The van der Waals surface area contributed by atoms with Gasteiger partial charge in [-0.3, -0.25) is 19.1 Å². The molecule has 1 aromatic heterocycles. The number of methoxy groups -OCH3 is 1. The van der Waals surface area contributed by atoms with Gasteiger partial charge in [-0.2, -0.15) is 0 Å². The first kappa shape index (κ1) is 35.4. The maximum Gasteiger partial charge on any atom is 0.405 e. The molecule has 0 bridgehead atoms. The second-order valence-corrected chi connectivity index (χ2v) is 16.6. The largest absolute Gasteiger partial charge is 0.497 e. The lowest BCUT2D eigenvalue weighted by Crippen LogP contribution is -2.59. The van der Waals surface area contributed by atoms with Gasteiger partial charge >= 0.3 is 6.09 Å². The third kappa shape index (κ3) is 7.07. The van der Waals surface area contributed by atoms with E-state index in [0.717, 1.165) is 6.42 Å². The highest BCUT2D eigenvalue weighted by Crippen LogP contribution is 2.47. The number of carbonyl (C=O) groups is 4. The van der Waals surface area contributed by atoms with Crippen molar-refractivity contribution in [2.75, 3.05) is 13.7 Å². The number of carboxylic acid groups (broad SMARTS) is 1. The molecule has 2 aliphatic heterocycles. The Morgan fingerprint density at radius 2 is 1.88 bits per heavy atom. The van der Waals surface area contributed by atoms with Crippen molar-refractivity contribution in [2.45, 2.75) is 94.2 Å². The lowest BCUT2D eigenvalue weighted by Gasteiger charge is -2.31. The maximum absolute atomic E-state index is 14.2. The van der Waals surface area contributed by atoms with Gasteiger partial charge in [-0.1, -0.05) is 32.4 Å². The molecule has 0 radical (unpaired) electrons. The van der Waals surface area contributed by atoms with Crippen LogP contribution in [0.25, 0.3) is 11.0 Å². The molecule has 6 rings (SSSR count). The first-order valence-corrected chi connectivity index (χ1v) is 18.5. The Hall–Kier alpha value is -4.47. The number of rotatable bonds is 7. The molecule has 16 heteroatoms. The molecule has 4 aliphatic rings. The quantitative estimate of drug-likeness (QED) is 0.307. The van der Waals surface area contributed by atoms with E-state index in [1.54, 1.807) is 32.0 Å². The van der Waals surface area contributed by atoms with Crippen LogP contribution >= 0.6 is 0 Å². The number of nitrogens with zero attached hydrogens (tertiary/aromatic N) is 3. The smallest absolute Gasteiger partial charge is 0.405 e. The van der Waals surface area contributed by atoms with Crippen LogP contribution in [0.1, 0.15) is 65.7 Å². The van der Waals surface area contributed by atoms with E-state index in [0.29, 0.717) is 42.5 Å². The van der Waals surface area contributed by atoms with E-state index >= 15 is 0 Å². The standard InChI is InChI=1S/C34H44N6O9S/c1-19-6-5-7-20(2)28(37-32(44)45)30(42)40-18-23(49-27-17-35-24-11-10-22(48-4)14-25(24)36-27)15-26(40)29(41)38-34(16-21(34)9-8-19)31(43)39-50(46,47)33(3)12-13-33/h8-11,14,17,19-21,23,26,28,37H,5-7,12-13,15-16,18H2,1-4H3,(H,38,41)(H,39,43)(H,44,45)/t19-,20-,21-,23-,26+,28+,34-/m1/s1. The number of aromatic nitrogens is 2. The molecule has 270 valence electrons. The lowest BCUT2D eigenvalue weighted by atomic mass is 9.92. The van der Waals surface area contributed by atoms with Crippen LogP contribution in [0, 0.1) is 17.8 Å². The van der Waals surface area contributed by atoms with Gasteiger partial charge in [0.05, 0.1) is 35.6 Å². The molecular weight excluding hydrogens is 668 g/mol. The number of carbonyl (C=O) groups excluding carboxylic acids is 3. The minimum atomic E-state index is -4.00. The zero-order chi connectivity index (χ0) is 36.0. The molecule has 2 aliphatic carbocycles. The van der Waals surface area contributed by atoms with Crippen LogP contribution in [0.15, 0.2) is 36.5 Å². The Kier molecular flexibility index (Phi) is 9.43. The number of ether oxygens (including phenoxy) is 2. The predicted molar refractivity (Wildman–Crippen MR) is 181 cm³/mol. The Morgan fingerprint density at radius 1 is 1.12 bits per heavy atom. The normalized spacial score (nSPS) is 30.9. The molecule has 1 saturated heterocycles. The van der Waals surface area contributed by atoms with Gasteiger partial charge in [-0.25, -0.2) is 23.2 Å². The van der Waals surface area contributed by atoms with Crippen molar-refractivity contribution in [3.63, 3.8) is 0 Å². The van der Waals surface area contributed by atoms with Gasteiger partial charge in [0.2, 0.25) is 27.7 Å². The van der Waals surface area contributed by atoms with Crippen LogP contribution in [0.3, 0.4) is 0 Å². The van der Waals surface area contributed by atoms with Gasteiger partial charge < -0.3 is 30.1 Å². The minimum Gasteiger partial charge on any atom is -0.497 e. The van der Waals surface area contributed by atoms with Gasteiger partial charge in [0, 0.05) is 18.4 Å². The van der Waals surface area contributed by atoms with Crippen molar-refractivity contribution in [2.24, 2.45) is 17.8 Å². The molecule has 3 heterocycles. The monoisotopic (exact) mass is 712 g/mol. The summed E-state index contributed by atoms with van der Waals surface area (Å²) in [4.78, 5) is 64.3. The summed E-state index contributed by atoms with van der Waals surface area (Å²) in [5.74, 6) is -2.16. The fourth-order valence-corrected chi connectivity index (χ4v) is 8.19. The van der Waals surface area contributed by atoms with E-state index in [2.05, 4.69) is 25.3 Å². The topological polar surface area (TPSA) is 206 Å². The average Bonchev–Trinajstić information content (AvgIpc) is 3.95. The van der Waals surface area contributed by atoms with Crippen molar-refractivity contribution >= 4 is 44.9 Å². The predicted octanol–water partition coefficient (Wildman–Crippen LogP) is 2.51. The molecule has 1 aromatic carbocycles. The van der Waals surface area contributed by atoms with Crippen LogP contribution in [0.5, 0.6) is 11.6 Å². The Balaban J connectivity index is 1.32. The number of fused-ring (bicyclic) bond motifs is 3. The SMILES string of the molecule is COc1ccc2ncc(O[C@@H]3C[C@H]4C(=O)N[C@]5(C(=O)NS(=O)(=O)C6(C)CC6)C[C@H]5C=C[C@H](C)CCC[C@@H](C)[C@H](NC(=O)O)C(=O)N4C3)nc2c1. The van der Waals surface area contributed by atoms with Crippen molar-refractivity contribution < 1.29 is 42.2 Å². The molecule has 0 unspecified atom stereocenters. The highest BCUT2D eigenvalue weighted by atomic mass is 32.2. The van der Waals surface area contributed by atoms with E-state index in [4.69, 9.17) is 9.47 Å². The molecule has 15 nitrogen and oxygen atoms in total. The first-order valence-electron chi connectivity index (χ1n) is 17.0. The minimum absolute atomic E-state index is 0.00478. The van der Waals surface area contributed by atoms with Gasteiger partial charge in [0.25, 0.3) is 5.91 Å². The van der Waals surface area contributed by atoms with Crippen LogP contribution in [0.4, 0.5) is 4.79 Å². The van der Waals surface area contributed by atoms with Crippen LogP contribution in [-0.4, -0.2) is 94.3 Å². The third-order valence-electron chi connectivity index (χ3n) is 10.6.